The van der Waals surface area contributed by atoms with Crippen LogP contribution in [-0.2, 0) is 17.8 Å². The molecule has 2 aromatic heterocycles. The minimum atomic E-state index is -0.184. The van der Waals surface area contributed by atoms with E-state index >= 15 is 0 Å². The Kier molecular flexibility index (Phi) is 3.68. The molecule has 0 aromatic carbocycles. The summed E-state index contributed by atoms with van der Waals surface area (Å²) in [6, 6.07) is 4.05. The molecule has 0 radical (unpaired) electrons. The van der Waals surface area contributed by atoms with Crippen molar-refractivity contribution < 1.29 is 4.79 Å². The minimum Gasteiger partial charge on any atom is -0.336 e. The third-order valence-electron chi connectivity index (χ3n) is 3.49. The topological polar surface area (TPSA) is 32.3 Å². The first-order valence-corrected chi connectivity index (χ1v) is 8.15. The molecule has 1 aliphatic rings. The number of hydrogen-bond donors (Lipinski definition) is 1. The summed E-state index contributed by atoms with van der Waals surface area (Å²) in [5, 5.41) is 9.42. The van der Waals surface area contributed by atoms with E-state index in [4.69, 9.17) is 0 Å². The number of nitrogens with one attached hydrogen (secondary N) is 1. The standard InChI is InChI=1S/C14H16N2OS2/c1-15-12-13-11(4-7-19-13)2-5-16(14(12)17)8-10-3-6-18-9-10/h3-4,6-7,9,12,15H,2,5,8H2,1H3. The van der Waals surface area contributed by atoms with E-state index in [0.29, 0.717) is 0 Å². The molecule has 1 N–H and O–H groups in total. The molecule has 0 fully saturated rings. The summed E-state index contributed by atoms with van der Waals surface area (Å²) in [4.78, 5) is 15.8. The quantitative estimate of drug-likeness (QED) is 0.943. The van der Waals surface area contributed by atoms with Crippen LogP contribution in [0.25, 0.3) is 0 Å². The number of fused-ring (bicyclic) bond motifs is 1. The lowest BCUT2D eigenvalue weighted by molar-refractivity contribution is -0.133. The Bertz CT molecular complexity index is 562. The largest absolute Gasteiger partial charge is 0.336 e. The first kappa shape index (κ1) is 12.8. The molecule has 2 aromatic rings. The highest BCUT2D eigenvalue weighted by atomic mass is 32.1. The zero-order valence-corrected chi connectivity index (χ0v) is 12.4. The van der Waals surface area contributed by atoms with E-state index < -0.39 is 0 Å². The van der Waals surface area contributed by atoms with Gasteiger partial charge in [0.25, 0.3) is 0 Å². The van der Waals surface area contributed by atoms with E-state index in [9.17, 15) is 4.79 Å². The van der Waals surface area contributed by atoms with Gasteiger partial charge in [0.2, 0.25) is 5.91 Å². The molecule has 1 atom stereocenters. The highest BCUT2D eigenvalue weighted by Gasteiger charge is 2.30. The second-order valence-corrected chi connectivity index (χ2v) is 6.40. The van der Waals surface area contributed by atoms with Crippen LogP contribution in [0.3, 0.4) is 0 Å². The third-order valence-corrected chi connectivity index (χ3v) is 5.25. The van der Waals surface area contributed by atoms with Gasteiger partial charge in [0, 0.05) is 18.0 Å². The fourth-order valence-corrected chi connectivity index (χ4v) is 4.20. The molecular formula is C14H16N2OS2. The molecule has 3 rings (SSSR count). The van der Waals surface area contributed by atoms with Gasteiger partial charge < -0.3 is 10.2 Å². The van der Waals surface area contributed by atoms with Gasteiger partial charge in [-0.25, -0.2) is 0 Å². The molecule has 3 nitrogen and oxygen atoms in total. The molecule has 0 saturated carbocycles. The summed E-state index contributed by atoms with van der Waals surface area (Å²) < 4.78 is 0. The number of nitrogens with zero attached hydrogens (tertiary/aromatic N) is 1. The van der Waals surface area contributed by atoms with Crippen molar-refractivity contribution in [1.29, 1.82) is 0 Å². The number of thiophene rings is 2. The second kappa shape index (κ2) is 5.45. The predicted molar refractivity (Wildman–Crippen MR) is 79.6 cm³/mol. The van der Waals surface area contributed by atoms with Crippen LogP contribution in [0.4, 0.5) is 0 Å². The summed E-state index contributed by atoms with van der Waals surface area (Å²) in [5.41, 5.74) is 2.53. The van der Waals surface area contributed by atoms with Crippen LogP contribution in [0.1, 0.15) is 22.0 Å². The van der Waals surface area contributed by atoms with E-state index in [1.807, 2.05) is 11.9 Å². The maximum absolute atomic E-state index is 12.6. The first-order chi connectivity index (χ1) is 9.29. The third kappa shape index (κ3) is 2.45. The summed E-state index contributed by atoms with van der Waals surface area (Å²) in [6.07, 6.45) is 0.951. The number of likely N-dealkylation sites (N-methyl/N-ethyl adjacent to an activating group) is 1. The van der Waals surface area contributed by atoms with Gasteiger partial charge in [-0.3, -0.25) is 4.79 Å². The molecule has 19 heavy (non-hydrogen) atoms. The van der Waals surface area contributed by atoms with Crippen LogP contribution < -0.4 is 5.32 Å². The molecule has 1 aliphatic heterocycles. The second-order valence-electron chi connectivity index (χ2n) is 4.67. The zero-order chi connectivity index (χ0) is 13.2. The molecule has 1 amide bonds. The van der Waals surface area contributed by atoms with E-state index in [1.165, 1.54) is 16.0 Å². The lowest BCUT2D eigenvalue weighted by atomic mass is 10.1. The van der Waals surface area contributed by atoms with Crippen molar-refractivity contribution in [3.05, 3.63) is 44.3 Å². The molecule has 1 unspecified atom stereocenters. The smallest absolute Gasteiger partial charge is 0.245 e. The molecule has 3 heterocycles. The van der Waals surface area contributed by atoms with Gasteiger partial charge in [-0.05, 0) is 52.9 Å². The van der Waals surface area contributed by atoms with Crippen molar-refractivity contribution in [2.75, 3.05) is 13.6 Å². The Hall–Kier alpha value is -1.17. The van der Waals surface area contributed by atoms with Crippen LogP contribution in [0.5, 0.6) is 0 Å². The van der Waals surface area contributed by atoms with Crippen molar-refractivity contribution in [3.63, 3.8) is 0 Å². The Morgan fingerprint density at radius 2 is 2.32 bits per heavy atom. The number of carbonyl (C=O) groups is 1. The van der Waals surface area contributed by atoms with Gasteiger partial charge in [-0.2, -0.15) is 11.3 Å². The Balaban J connectivity index is 1.85. The maximum atomic E-state index is 12.6. The van der Waals surface area contributed by atoms with Gasteiger partial charge in [0.05, 0.1) is 0 Å². The number of carbonyl (C=O) groups excluding carboxylic acids is 1. The number of hydrogen-bond acceptors (Lipinski definition) is 4. The fourth-order valence-electron chi connectivity index (χ4n) is 2.48. The van der Waals surface area contributed by atoms with Gasteiger partial charge in [-0.15, -0.1) is 11.3 Å². The van der Waals surface area contributed by atoms with Crippen LogP contribution in [0, 0.1) is 0 Å². The normalized spacial score (nSPS) is 19.3. The fraction of sp³-hybridized carbons (Fsp3) is 0.357. The summed E-state index contributed by atoms with van der Waals surface area (Å²) >= 11 is 3.36. The number of rotatable bonds is 3. The minimum absolute atomic E-state index is 0.184. The molecule has 0 aliphatic carbocycles. The SMILES string of the molecule is CNC1C(=O)N(Cc2ccsc2)CCc2ccsc21. The van der Waals surface area contributed by atoms with Crippen molar-refractivity contribution in [3.8, 4) is 0 Å². The first-order valence-electron chi connectivity index (χ1n) is 6.33. The van der Waals surface area contributed by atoms with E-state index in [2.05, 4.69) is 33.6 Å². The van der Waals surface area contributed by atoms with Crippen LogP contribution in [0.15, 0.2) is 28.3 Å². The van der Waals surface area contributed by atoms with Crippen LogP contribution >= 0.6 is 22.7 Å². The van der Waals surface area contributed by atoms with Gasteiger partial charge in [0.15, 0.2) is 0 Å². The predicted octanol–water partition coefficient (Wildman–Crippen LogP) is 2.66. The Morgan fingerprint density at radius 1 is 1.42 bits per heavy atom. The lowest BCUT2D eigenvalue weighted by Crippen LogP contribution is -2.38. The summed E-state index contributed by atoms with van der Waals surface area (Å²) in [5.74, 6) is 0.190. The number of amides is 1. The van der Waals surface area contributed by atoms with E-state index in [-0.39, 0.29) is 11.9 Å². The van der Waals surface area contributed by atoms with Gasteiger partial charge >= 0.3 is 0 Å². The van der Waals surface area contributed by atoms with E-state index in [1.54, 1.807) is 22.7 Å². The monoisotopic (exact) mass is 292 g/mol. The Morgan fingerprint density at radius 3 is 3.05 bits per heavy atom. The average molecular weight is 292 g/mol. The molecule has 100 valence electrons. The van der Waals surface area contributed by atoms with Gasteiger partial charge in [-0.1, -0.05) is 0 Å². The summed E-state index contributed by atoms with van der Waals surface area (Å²) in [7, 11) is 1.86. The highest BCUT2D eigenvalue weighted by Crippen LogP contribution is 2.30. The van der Waals surface area contributed by atoms with Gasteiger partial charge in [0.1, 0.15) is 6.04 Å². The molecular weight excluding hydrogens is 276 g/mol. The van der Waals surface area contributed by atoms with Crippen LogP contribution in [0.2, 0.25) is 0 Å². The molecule has 5 heteroatoms. The van der Waals surface area contributed by atoms with Crippen molar-refractivity contribution >= 4 is 28.6 Å². The molecule has 0 saturated heterocycles. The van der Waals surface area contributed by atoms with E-state index in [0.717, 1.165) is 19.5 Å². The lowest BCUT2D eigenvalue weighted by Gasteiger charge is -2.23. The highest BCUT2D eigenvalue weighted by molar-refractivity contribution is 7.10. The van der Waals surface area contributed by atoms with Crippen molar-refractivity contribution in [1.82, 2.24) is 10.2 Å². The zero-order valence-electron chi connectivity index (χ0n) is 10.8. The van der Waals surface area contributed by atoms with Crippen molar-refractivity contribution in [2.24, 2.45) is 0 Å². The van der Waals surface area contributed by atoms with Crippen molar-refractivity contribution in [2.45, 2.75) is 19.0 Å². The molecule has 0 bridgehead atoms. The maximum Gasteiger partial charge on any atom is 0.245 e. The van der Waals surface area contributed by atoms with Crippen LogP contribution in [-0.4, -0.2) is 24.4 Å². The Labute approximate surface area is 120 Å². The molecule has 0 spiro atoms. The average Bonchev–Trinajstić information content (AvgIpc) is 3.04. The summed E-state index contributed by atoms with van der Waals surface area (Å²) in [6.45, 7) is 1.52.